The fourth-order valence-corrected chi connectivity index (χ4v) is 2.83. The molecule has 8 nitrogen and oxygen atoms in total. The van der Waals surface area contributed by atoms with Crippen LogP contribution in [0.15, 0.2) is 34.1 Å². The van der Waals surface area contributed by atoms with Gasteiger partial charge in [-0.2, -0.15) is 0 Å². The monoisotopic (exact) mass is 364 g/mol. The first-order chi connectivity index (χ1) is 9.01. The molecule has 2 aromatic rings. The standard InChI is InChI=1S/C10H8O8S2.2Na/c11-7-4-6(19(13,14)15)3-5-1-2-8(20(16,17)18)10(12)9(5)7;;/h1-4,11-12H,(H,13,14,15)(H,16,17,18);;/q;2*+1/p-2. The van der Waals surface area contributed by atoms with E-state index >= 15 is 0 Å². The van der Waals surface area contributed by atoms with E-state index in [-0.39, 0.29) is 64.5 Å². The van der Waals surface area contributed by atoms with Gasteiger partial charge in [-0.1, -0.05) is 6.07 Å². The van der Waals surface area contributed by atoms with Crippen LogP contribution in [0.3, 0.4) is 0 Å². The summed E-state index contributed by atoms with van der Waals surface area (Å²) < 4.78 is 65.3. The van der Waals surface area contributed by atoms with E-state index in [1.165, 1.54) is 0 Å². The first kappa shape index (κ1) is 22.1. The quantitative estimate of drug-likeness (QED) is 0.394. The summed E-state index contributed by atoms with van der Waals surface area (Å²) in [5.74, 6) is -1.84. The van der Waals surface area contributed by atoms with E-state index in [0.717, 1.165) is 18.2 Å². The molecule has 2 aromatic carbocycles. The Bertz CT molecular complexity index is 922. The third-order valence-electron chi connectivity index (χ3n) is 2.56. The van der Waals surface area contributed by atoms with Gasteiger partial charge in [0.2, 0.25) is 0 Å². The Morgan fingerprint density at radius 3 is 1.86 bits per heavy atom. The molecule has 22 heavy (non-hydrogen) atoms. The average Bonchev–Trinajstić information content (AvgIpc) is 2.25. The predicted octanol–water partition coefficient (Wildman–Crippen LogP) is -5.93. The van der Waals surface area contributed by atoms with Gasteiger partial charge in [-0.15, -0.1) is 0 Å². The maximum atomic E-state index is 10.9. The molecule has 0 spiro atoms. The van der Waals surface area contributed by atoms with Crippen molar-refractivity contribution in [2.75, 3.05) is 0 Å². The van der Waals surface area contributed by atoms with Gasteiger partial charge in [0.05, 0.1) is 15.2 Å². The van der Waals surface area contributed by atoms with Crippen LogP contribution in [0, 0.1) is 0 Å². The summed E-state index contributed by atoms with van der Waals surface area (Å²) in [5.41, 5.74) is 0. The Morgan fingerprint density at radius 1 is 0.864 bits per heavy atom. The third-order valence-corrected chi connectivity index (χ3v) is 4.25. The summed E-state index contributed by atoms with van der Waals surface area (Å²) >= 11 is 0. The van der Waals surface area contributed by atoms with Crippen LogP contribution in [-0.4, -0.2) is 36.2 Å². The van der Waals surface area contributed by atoms with Crippen LogP contribution in [0.4, 0.5) is 0 Å². The maximum Gasteiger partial charge on any atom is 1.00 e. The fourth-order valence-electron chi connectivity index (χ4n) is 1.73. The zero-order chi connectivity index (χ0) is 15.3. The number of benzene rings is 2. The number of phenolic OH excluding ortho intramolecular Hbond substituents is 2. The van der Waals surface area contributed by atoms with Crippen LogP contribution in [-0.2, 0) is 20.2 Å². The second-order valence-corrected chi connectivity index (χ2v) is 6.59. The SMILES string of the molecule is O=S(=O)([O-])c1cc(O)c2c(O)c(S(=O)(=O)[O-])ccc2c1.[Na+].[Na+]. The van der Waals surface area contributed by atoms with Gasteiger partial charge in [-0.3, -0.25) is 0 Å². The normalized spacial score (nSPS) is 11.5. The van der Waals surface area contributed by atoms with Crippen LogP contribution in [0.5, 0.6) is 11.5 Å². The Morgan fingerprint density at radius 2 is 1.41 bits per heavy atom. The molecule has 0 amide bonds. The van der Waals surface area contributed by atoms with Crippen molar-refractivity contribution in [3.05, 3.63) is 24.3 Å². The summed E-state index contributed by atoms with van der Waals surface area (Å²) in [5, 5.41) is 18.8. The number of rotatable bonds is 2. The van der Waals surface area contributed by atoms with E-state index in [2.05, 4.69) is 0 Å². The Balaban J connectivity index is 0.00000220. The molecule has 0 aliphatic carbocycles. The second kappa shape index (κ2) is 7.34. The largest absolute Gasteiger partial charge is 1.00 e. The molecule has 0 aliphatic heterocycles. The van der Waals surface area contributed by atoms with Crippen LogP contribution >= 0.6 is 0 Å². The number of hydrogen-bond acceptors (Lipinski definition) is 8. The molecule has 0 unspecified atom stereocenters. The Kier molecular flexibility index (Phi) is 7.38. The number of fused-ring (bicyclic) bond motifs is 1. The van der Waals surface area contributed by atoms with Crippen molar-refractivity contribution < 1.29 is 95.3 Å². The van der Waals surface area contributed by atoms with E-state index in [1.807, 2.05) is 0 Å². The average molecular weight is 364 g/mol. The van der Waals surface area contributed by atoms with Crippen molar-refractivity contribution in [3.63, 3.8) is 0 Å². The van der Waals surface area contributed by atoms with Gasteiger partial charge in [0.1, 0.15) is 31.7 Å². The van der Waals surface area contributed by atoms with Gasteiger partial charge in [-0.25, -0.2) is 16.8 Å². The fraction of sp³-hybridized carbons (Fsp3) is 0. The summed E-state index contributed by atoms with van der Waals surface area (Å²) in [7, 11) is -9.81. The molecule has 0 saturated heterocycles. The summed E-state index contributed by atoms with van der Waals surface area (Å²) in [6.45, 7) is 0. The van der Waals surface area contributed by atoms with Crippen LogP contribution in [0.1, 0.15) is 0 Å². The summed E-state index contributed by atoms with van der Waals surface area (Å²) in [6, 6.07) is 3.15. The van der Waals surface area contributed by atoms with Gasteiger partial charge < -0.3 is 19.3 Å². The van der Waals surface area contributed by atoms with Crippen molar-refractivity contribution >= 4 is 31.0 Å². The maximum absolute atomic E-state index is 10.9. The van der Waals surface area contributed by atoms with Gasteiger partial charge in [0.25, 0.3) is 0 Å². The third kappa shape index (κ3) is 4.35. The number of hydrogen-bond donors (Lipinski definition) is 2. The van der Waals surface area contributed by atoms with E-state index in [4.69, 9.17) is 0 Å². The van der Waals surface area contributed by atoms with E-state index in [9.17, 15) is 36.2 Å². The molecule has 0 radical (unpaired) electrons. The van der Waals surface area contributed by atoms with Crippen molar-refractivity contribution in [2.24, 2.45) is 0 Å². The smallest absolute Gasteiger partial charge is 0.744 e. The van der Waals surface area contributed by atoms with Crippen LogP contribution in [0.2, 0.25) is 0 Å². The van der Waals surface area contributed by atoms with E-state index < -0.39 is 46.9 Å². The molecule has 0 aromatic heterocycles. The first-order valence-electron chi connectivity index (χ1n) is 4.92. The molecule has 0 aliphatic rings. The topological polar surface area (TPSA) is 155 Å². The Labute approximate surface area is 170 Å². The number of phenols is 2. The molecule has 12 heteroatoms. The van der Waals surface area contributed by atoms with Gasteiger partial charge >= 0.3 is 59.1 Å². The second-order valence-electron chi connectivity index (χ2n) is 3.86. The molecule has 2 N–H and O–H groups in total. The Hall–Kier alpha value is 0.120. The molecule has 0 heterocycles. The number of aromatic hydroxyl groups is 2. The van der Waals surface area contributed by atoms with Crippen molar-refractivity contribution in [1.29, 1.82) is 0 Å². The molecule has 0 bridgehead atoms. The van der Waals surface area contributed by atoms with E-state index in [0.29, 0.717) is 6.07 Å². The van der Waals surface area contributed by atoms with Crippen molar-refractivity contribution in [1.82, 2.24) is 0 Å². The molecule has 108 valence electrons. The van der Waals surface area contributed by atoms with Crippen molar-refractivity contribution in [2.45, 2.75) is 9.79 Å². The molecule has 0 fully saturated rings. The summed E-state index contributed by atoms with van der Waals surface area (Å²) in [6.07, 6.45) is 0. The van der Waals surface area contributed by atoms with E-state index in [1.54, 1.807) is 0 Å². The minimum absolute atomic E-state index is 0. The van der Waals surface area contributed by atoms with Gasteiger partial charge in [-0.05, 0) is 23.6 Å². The minimum atomic E-state index is -4.97. The zero-order valence-corrected chi connectivity index (χ0v) is 17.1. The molecule has 0 atom stereocenters. The zero-order valence-electron chi connectivity index (χ0n) is 11.5. The minimum Gasteiger partial charge on any atom is -0.744 e. The molecule has 0 saturated carbocycles. The van der Waals surface area contributed by atoms with Crippen LogP contribution < -0.4 is 59.1 Å². The first-order valence-corrected chi connectivity index (χ1v) is 7.74. The summed E-state index contributed by atoms with van der Waals surface area (Å²) in [4.78, 5) is -1.71. The molecular formula is C10H6Na2O8S2. The van der Waals surface area contributed by atoms with Gasteiger partial charge in [0.15, 0.2) is 0 Å². The molecular weight excluding hydrogens is 358 g/mol. The molecule has 2 rings (SSSR count). The predicted molar refractivity (Wildman–Crippen MR) is 63.2 cm³/mol. The van der Waals surface area contributed by atoms with Crippen molar-refractivity contribution in [3.8, 4) is 11.5 Å². The van der Waals surface area contributed by atoms with Crippen LogP contribution in [0.25, 0.3) is 10.8 Å². The van der Waals surface area contributed by atoms with Gasteiger partial charge in [0, 0.05) is 0 Å².